The first-order valence-corrected chi connectivity index (χ1v) is 7.09. The summed E-state index contributed by atoms with van der Waals surface area (Å²) in [5.74, 6) is 1.66. The summed E-state index contributed by atoms with van der Waals surface area (Å²) in [5, 5.41) is 6.72. The molecule has 1 atom stereocenters. The molecule has 2 aromatic rings. The van der Waals surface area contributed by atoms with Gasteiger partial charge in [0.05, 0.1) is 5.39 Å². The molecule has 2 aromatic heterocycles. The van der Waals surface area contributed by atoms with Crippen LogP contribution in [0.15, 0.2) is 17.8 Å². The number of hydrogen-bond donors (Lipinski definition) is 1. The highest BCUT2D eigenvalue weighted by Crippen LogP contribution is 2.25. The maximum absolute atomic E-state index is 4.35. The van der Waals surface area contributed by atoms with Crippen molar-refractivity contribution in [1.29, 1.82) is 0 Å². The summed E-state index contributed by atoms with van der Waals surface area (Å²) in [6, 6.07) is 2.53. The van der Waals surface area contributed by atoms with E-state index in [0.717, 1.165) is 16.0 Å². The van der Waals surface area contributed by atoms with Crippen molar-refractivity contribution in [2.45, 2.75) is 39.7 Å². The van der Waals surface area contributed by atoms with E-state index in [1.54, 1.807) is 17.7 Å². The standard InChI is InChI=1S/C13H19N3S/c1-4-10(5-2)9(3)16-12-11-6-7-17-13(11)15-8-14-12/h6-10H,4-5H2,1-3H3,(H,14,15,16). The maximum atomic E-state index is 4.35. The minimum Gasteiger partial charge on any atom is -0.367 e. The van der Waals surface area contributed by atoms with Crippen molar-refractivity contribution >= 4 is 27.4 Å². The summed E-state index contributed by atoms with van der Waals surface area (Å²) in [4.78, 5) is 9.67. The number of nitrogens with one attached hydrogen (secondary N) is 1. The second-order valence-corrected chi connectivity index (χ2v) is 5.27. The number of fused-ring (bicyclic) bond motifs is 1. The highest BCUT2D eigenvalue weighted by atomic mass is 32.1. The Morgan fingerprint density at radius 1 is 1.29 bits per heavy atom. The summed E-state index contributed by atoms with van der Waals surface area (Å²) in [7, 11) is 0. The van der Waals surface area contributed by atoms with Crippen LogP contribution in [0.1, 0.15) is 33.6 Å². The summed E-state index contributed by atoms with van der Waals surface area (Å²) in [6.07, 6.45) is 4.03. The minimum atomic E-state index is 0.447. The third kappa shape index (κ3) is 2.57. The van der Waals surface area contributed by atoms with Gasteiger partial charge in [0.25, 0.3) is 0 Å². The number of anilines is 1. The van der Waals surface area contributed by atoms with Crippen LogP contribution in [0.25, 0.3) is 10.2 Å². The molecule has 92 valence electrons. The van der Waals surface area contributed by atoms with E-state index in [0.29, 0.717) is 12.0 Å². The van der Waals surface area contributed by atoms with Crippen LogP contribution in [0, 0.1) is 5.92 Å². The third-order valence-corrected chi connectivity index (χ3v) is 4.20. The van der Waals surface area contributed by atoms with Gasteiger partial charge < -0.3 is 5.32 Å². The molecule has 0 saturated heterocycles. The summed E-state index contributed by atoms with van der Waals surface area (Å²) >= 11 is 1.66. The fourth-order valence-corrected chi connectivity index (χ4v) is 2.97. The molecule has 0 aliphatic rings. The molecule has 0 aromatic carbocycles. The second kappa shape index (κ2) is 5.45. The minimum absolute atomic E-state index is 0.447. The van der Waals surface area contributed by atoms with Crippen molar-refractivity contribution in [2.75, 3.05) is 5.32 Å². The fourth-order valence-electron chi connectivity index (χ4n) is 2.23. The third-order valence-electron chi connectivity index (χ3n) is 3.38. The molecule has 0 fully saturated rings. The molecule has 0 aliphatic heterocycles. The van der Waals surface area contributed by atoms with Crippen molar-refractivity contribution in [3.8, 4) is 0 Å². The van der Waals surface area contributed by atoms with Gasteiger partial charge in [-0.3, -0.25) is 0 Å². The number of aromatic nitrogens is 2. The molecule has 2 rings (SSSR count). The van der Waals surface area contributed by atoms with Crippen LogP contribution >= 0.6 is 11.3 Å². The second-order valence-electron chi connectivity index (χ2n) is 4.37. The Morgan fingerprint density at radius 3 is 2.76 bits per heavy atom. The fraction of sp³-hybridized carbons (Fsp3) is 0.538. The summed E-state index contributed by atoms with van der Waals surface area (Å²) < 4.78 is 0. The van der Waals surface area contributed by atoms with Crippen molar-refractivity contribution in [2.24, 2.45) is 5.92 Å². The van der Waals surface area contributed by atoms with Gasteiger partial charge in [0.15, 0.2) is 0 Å². The van der Waals surface area contributed by atoms with Crippen molar-refractivity contribution < 1.29 is 0 Å². The van der Waals surface area contributed by atoms with E-state index in [1.807, 2.05) is 0 Å². The normalized spacial score (nSPS) is 13.2. The quantitative estimate of drug-likeness (QED) is 0.872. The zero-order chi connectivity index (χ0) is 12.3. The molecule has 1 unspecified atom stereocenters. The predicted octanol–water partition coefficient (Wildman–Crippen LogP) is 3.93. The zero-order valence-corrected chi connectivity index (χ0v) is 11.4. The Hall–Kier alpha value is -1.16. The molecule has 0 bridgehead atoms. The Labute approximate surface area is 106 Å². The number of thiophene rings is 1. The van der Waals surface area contributed by atoms with Crippen LogP contribution < -0.4 is 5.32 Å². The van der Waals surface area contributed by atoms with Crippen LogP contribution in [0.5, 0.6) is 0 Å². The molecule has 0 saturated carbocycles. The molecule has 3 nitrogen and oxygen atoms in total. The lowest BCUT2D eigenvalue weighted by molar-refractivity contribution is 0.437. The van der Waals surface area contributed by atoms with Gasteiger partial charge >= 0.3 is 0 Å². The maximum Gasteiger partial charge on any atom is 0.138 e. The van der Waals surface area contributed by atoms with E-state index in [9.17, 15) is 0 Å². The van der Waals surface area contributed by atoms with Crippen molar-refractivity contribution in [3.63, 3.8) is 0 Å². The van der Waals surface area contributed by atoms with Gasteiger partial charge in [-0.05, 0) is 24.3 Å². The molecular weight excluding hydrogens is 230 g/mol. The van der Waals surface area contributed by atoms with E-state index in [1.165, 1.54) is 12.8 Å². The first kappa shape index (κ1) is 12.3. The van der Waals surface area contributed by atoms with E-state index in [4.69, 9.17) is 0 Å². The molecule has 0 aliphatic carbocycles. The molecule has 17 heavy (non-hydrogen) atoms. The molecule has 0 radical (unpaired) electrons. The van der Waals surface area contributed by atoms with E-state index >= 15 is 0 Å². The highest BCUT2D eigenvalue weighted by Gasteiger charge is 2.15. The highest BCUT2D eigenvalue weighted by molar-refractivity contribution is 7.16. The Bertz CT molecular complexity index is 476. The van der Waals surface area contributed by atoms with E-state index < -0.39 is 0 Å². The van der Waals surface area contributed by atoms with Gasteiger partial charge in [-0.1, -0.05) is 26.7 Å². The first-order chi connectivity index (χ1) is 8.26. The topological polar surface area (TPSA) is 37.8 Å². The molecule has 0 spiro atoms. The average Bonchev–Trinajstić information content (AvgIpc) is 2.80. The lowest BCUT2D eigenvalue weighted by Crippen LogP contribution is -2.25. The lowest BCUT2D eigenvalue weighted by atomic mass is 9.95. The smallest absolute Gasteiger partial charge is 0.138 e. The van der Waals surface area contributed by atoms with E-state index in [-0.39, 0.29) is 0 Å². The summed E-state index contributed by atoms with van der Waals surface area (Å²) in [5.41, 5.74) is 0. The summed E-state index contributed by atoms with van der Waals surface area (Å²) in [6.45, 7) is 6.72. The lowest BCUT2D eigenvalue weighted by Gasteiger charge is -2.23. The monoisotopic (exact) mass is 249 g/mol. The molecule has 1 N–H and O–H groups in total. The van der Waals surface area contributed by atoms with Gasteiger partial charge in [-0.2, -0.15) is 0 Å². The van der Waals surface area contributed by atoms with Crippen LogP contribution in [-0.4, -0.2) is 16.0 Å². The Kier molecular flexibility index (Phi) is 3.94. The van der Waals surface area contributed by atoms with Gasteiger partial charge in [-0.25, -0.2) is 9.97 Å². The predicted molar refractivity (Wildman–Crippen MR) is 74.6 cm³/mol. The molecule has 0 amide bonds. The zero-order valence-electron chi connectivity index (χ0n) is 10.6. The van der Waals surface area contributed by atoms with Gasteiger partial charge in [0.1, 0.15) is 17.0 Å². The van der Waals surface area contributed by atoms with Gasteiger partial charge in [0, 0.05) is 6.04 Å². The van der Waals surface area contributed by atoms with Crippen LogP contribution in [0.3, 0.4) is 0 Å². The number of hydrogen-bond acceptors (Lipinski definition) is 4. The Balaban J connectivity index is 2.20. The van der Waals surface area contributed by atoms with Gasteiger partial charge in [-0.15, -0.1) is 11.3 Å². The largest absolute Gasteiger partial charge is 0.367 e. The van der Waals surface area contributed by atoms with Crippen molar-refractivity contribution in [1.82, 2.24) is 9.97 Å². The van der Waals surface area contributed by atoms with Gasteiger partial charge in [0.2, 0.25) is 0 Å². The Morgan fingerprint density at radius 2 is 2.06 bits per heavy atom. The number of nitrogens with zero attached hydrogens (tertiary/aromatic N) is 2. The SMILES string of the molecule is CCC(CC)C(C)Nc1ncnc2sccc12. The molecular formula is C13H19N3S. The average molecular weight is 249 g/mol. The van der Waals surface area contributed by atoms with Crippen LogP contribution in [0.4, 0.5) is 5.82 Å². The van der Waals surface area contributed by atoms with Crippen LogP contribution in [0.2, 0.25) is 0 Å². The van der Waals surface area contributed by atoms with Crippen molar-refractivity contribution in [3.05, 3.63) is 17.8 Å². The molecule has 2 heterocycles. The van der Waals surface area contributed by atoms with Crippen LogP contribution in [-0.2, 0) is 0 Å². The first-order valence-electron chi connectivity index (χ1n) is 6.21. The molecule has 4 heteroatoms. The van der Waals surface area contributed by atoms with E-state index in [2.05, 4.69) is 47.5 Å². The number of rotatable bonds is 5.